The molecule has 1 unspecified atom stereocenters. The maximum atomic E-state index is 12.5. The van der Waals surface area contributed by atoms with Crippen LogP contribution < -0.4 is 5.32 Å². The van der Waals surface area contributed by atoms with Gasteiger partial charge < -0.3 is 5.32 Å². The highest BCUT2D eigenvalue weighted by Gasteiger charge is 2.42. The molecule has 0 bridgehead atoms. The fourth-order valence-corrected chi connectivity index (χ4v) is 1.83. The quantitative estimate of drug-likeness (QED) is 0.543. The van der Waals surface area contributed by atoms with Gasteiger partial charge in [-0.15, -0.1) is 0 Å². The van der Waals surface area contributed by atoms with E-state index in [2.05, 4.69) is 5.32 Å². The van der Waals surface area contributed by atoms with Gasteiger partial charge in [-0.2, -0.15) is 0 Å². The van der Waals surface area contributed by atoms with Gasteiger partial charge in [-0.25, -0.2) is 8.78 Å². The van der Waals surface area contributed by atoms with E-state index in [1.165, 1.54) is 0 Å². The van der Waals surface area contributed by atoms with E-state index in [0.29, 0.717) is 11.0 Å². The minimum atomic E-state index is -2.46. The second-order valence-corrected chi connectivity index (χ2v) is 3.12. The van der Waals surface area contributed by atoms with Crippen molar-refractivity contribution in [2.75, 3.05) is 17.5 Å². The van der Waals surface area contributed by atoms with Gasteiger partial charge in [0.15, 0.2) is 0 Å². The number of halogens is 3. The lowest BCUT2D eigenvalue weighted by Crippen LogP contribution is -2.27. The zero-order valence-corrected chi connectivity index (χ0v) is 6.99. The molecule has 54 valence electrons. The van der Waals surface area contributed by atoms with Crippen molar-refractivity contribution in [2.24, 2.45) is 5.92 Å². The maximum absolute atomic E-state index is 12.5. The molecule has 1 fully saturated rings. The van der Waals surface area contributed by atoms with Crippen LogP contribution >= 0.6 is 22.6 Å². The summed E-state index contributed by atoms with van der Waals surface area (Å²) in [6.07, 6.45) is 0. The van der Waals surface area contributed by atoms with E-state index >= 15 is 0 Å². The highest BCUT2D eigenvalue weighted by atomic mass is 127. The van der Waals surface area contributed by atoms with Crippen LogP contribution in [0.1, 0.15) is 0 Å². The van der Waals surface area contributed by atoms with Gasteiger partial charge in [-0.3, -0.25) is 0 Å². The number of nitrogens with one attached hydrogen (secondary N) is 1. The summed E-state index contributed by atoms with van der Waals surface area (Å²) in [5, 5.41) is 2.66. The Kier molecular flexibility index (Phi) is 2.26. The molecule has 0 aromatic rings. The molecule has 0 aromatic heterocycles. The lowest BCUT2D eigenvalue weighted by molar-refractivity contribution is -0.0121. The summed E-state index contributed by atoms with van der Waals surface area (Å²) in [5.74, 6) is -2.90. The molecule has 0 amide bonds. The van der Waals surface area contributed by atoms with E-state index in [0.717, 1.165) is 0 Å². The lowest BCUT2D eigenvalue weighted by atomic mass is 10.1. The van der Waals surface area contributed by atoms with Gasteiger partial charge in [0.05, 0.1) is 6.54 Å². The normalized spacial score (nSPS) is 33.0. The van der Waals surface area contributed by atoms with Crippen molar-refractivity contribution in [3.63, 3.8) is 0 Å². The first-order chi connectivity index (χ1) is 4.17. The van der Waals surface area contributed by atoms with Crippen molar-refractivity contribution in [2.45, 2.75) is 5.92 Å². The summed E-state index contributed by atoms with van der Waals surface area (Å²) >= 11 is 1.99. The van der Waals surface area contributed by atoms with Crippen LogP contribution in [0, 0.1) is 5.92 Å². The Balaban J connectivity index is 2.52. The molecule has 1 saturated heterocycles. The first-order valence-electron chi connectivity index (χ1n) is 2.81. The third-order valence-electron chi connectivity index (χ3n) is 1.53. The second kappa shape index (κ2) is 2.65. The highest BCUT2D eigenvalue weighted by molar-refractivity contribution is 14.1. The molecule has 1 heterocycles. The standard InChI is InChI=1S/C5H8F2IN/c6-5(7)3-9-2-4(5)1-8/h4,9H,1-3H2. The summed E-state index contributed by atoms with van der Waals surface area (Å²) in [4.78, 5) is 0. The van der Waals surface area contributed by atoms with Gasteiger partial charge in [0, 0.05) is 16.9 Å². The van der Waals surface area contributed by atoms with E-state index in [4.69, 9.17) is 0 Å². The molecule has 1 aliphatic rings. The molecule has 0 aliphatic carbocycles. The lowest BCUT2D eigenvalue weighted by Gasteiger charge is -2.13. The number of rotatable bonds is 1. The first kappa shape index (κ1) is 7.65. The molecule has 0 saturated carbocycles. The van der Waals surface area contributed by atoms with Crippen LogP contribution in [0.25, 0.3) is 0 Å². The van der Waals surface area contributed by atoms with Crippen molar-refractivity contribution in [3.05, 3.63) is 0 Å². The Morgan fingerprint density at radius 2 is 2.33 bits per heavy atom. The molecule has 1 rings (SSSR count). The summed E-state index contributed by atoms with van der Waals surface area (Å²) in [6.45, 7) is 0.330. The molecule has 9 heavy (non-hydrogen) atoms. The van der Waals surface area contributed by atoms with E-state index < -0.39 is 11.8 Å². The summed E-state index contributed by atoms with van der Waals surface area (Å²) in [6, 6.07) is 0. The monoisotopic (exact) mass is 247 g/mol. The Bertz CT molecular complexity index is 107. The molecule has 1 aliphatic heterocycles. The van der Waals surface area contributed by atoms with Crippen LogP contribution in [0.3, 0.4) is 0 Å². The maximum Gasteiger partial charge on any atom is 0.265 e. The van der Waals surface area contributed by atoms with Crippen LogP contribution in [0.4, 0.5) is 8.78 Å². The van der Waals surface area contributed by atoms with Crippen LogP contribution in [-0.4, -0.2) is 23.4 Å². The first-order valence-corrected chi connectivity index (χ1v) is 4.34. The minimum absolute atomic E-state index is 0.138. The Morgan fingerprint density at radius 3 is 2.56 bits per heavy atom. The molecule has 0 aromatic carbocycles. The summed E-state index contributed by atoms with van der Waals surface area (Å²) < 4.78 is 25.6. The van der Waals surface area contributed by atoms with Crippen LogP contribution in [0.2, 0.25) is 0 Å². The van der Waals surface area contributed by atoms with Gasteiger partial charge >= 0.3 is 0 Å². The van der Waals surface area contributed by atoms with Gasteiger partial charge in [0.1, 0.15) is 0 Å². The summed E-state index contributed by atoms with van der Waals surface area (Å²) in [7, 11) is 0. The smallest absolute Gasteiger partial charge is 0.265 e. The predicted molar refractivity (Wildman–Crippen MR) is 40.2 cm³/mol. The molecule has 1 atom stereocenters. The Labute approximate surface area is 66.3 Å². The van der Waals surface area contributed by atoms with Crippen molar-refractivity contribution >= 4 is 22.6 Å². The molecule has 1 N–H and O–H groups in total. The zero-order chi connectivity index (χ0) is 6.91. The molecule has 0 spiro atoms. The van der Waals surface area contributed by atoms with E-state index in [-0.39, 0.29) is 6.54 Å². The number of alkyl halides is 3. The van der Waals surface area contributed by atoms with Crippen molar-refractivity contribution in [3.8, 4) is 0 Å². The zero-order valence-electron chi connectivity index (χ0n) is 4.83. The molecular weight excluding hydrogens is 239 g/mol. The van der Waals surface area contributed by atoms with Gasteiger partial charge in [-0.1, -0.05) is 22.6 Å². The predicted octanol–water partition coefficient (Wildman–Crippen LogP) is 1.28. The van der Waals surface area contributed by atoms with E-state index in [1.54, 1.807) is 0 Å². The molecule has 1 nitrogen and oxygen atoms in total. The molecule has 4 heteroatoms. The Morgan fingerprint density at radius 1 is 1.67 bits per heavy atom. The molecular formula is C5H8F2IN. The third-order valence-corrected chi connectivity index (χ3v) is 2.60. The van der Waals surface area contributed by atoms with Crippen LogP contribution in [0.15, 0.2) is 0 Å². The van der Waals surface area contributed by atoms with Gasteiger partial charge in [-0.05, 0) is 0 Å². The average Bonchev–Trinajstić information content (AvgIpc) is 2.08. The van der Waals surface area contributed by atoms with Gasteiger partial charge in [0.2, 0.25) is 0 Å². The average molecular weight is 247 g/mol. The van der Waals surface area contributed by atoms with E-state index in [1.807, 2.05) is 22.6 Å². The number of hydrogen-bond donors (Lipinski definition) is 1. The SMILES string of the molecule is FC1(F)CNCC1CI. The van der Waals surface area contributed by atoms with Gasteiger partial charge in [0.25, 0.3) is 5.92 Å². The minimum Gasteiger partial charge on any atom is -0.311 e. The van der Waals surface area contributed by atoms with Crippen LogP contribution in [-0.2, 0) is 0 Å². The fourth-order valence-electron chi connectivity index (χ4n) is 0.874. The third kappa shape index (κ3) is 1.52. The Hall–Kier alpha value is 0.550. The topological polar surface area (TPSA) is 12.0 Å². The molecule has 0 radical (unpaired) electrons. The summed E-state index contributed by atoms with van der Waals surface area (Å²) in [5.41, 5.74) is 0. The highest BCUT2D eigenvalue weighted by Crippen LogP contribution is 2.28. The van der Waals surface area contributed by atoms with Crippen molar-refractivity contribution in [1.82, 2.24) is 5.32 Å². The fraction of sp³-hybridized carbons (Fsp3) is 1.00. The van der Waals surface area contributed by atoms with Crippen LogP contribution in [0.5, 0.6) is 0 Å². The van der Waals surface area contributed by atoms with Crippen molar-refractivity contribution in [1.29, 1.82) is 0 Å². The number of hydrogen-bond acceptors (Lipinski definition) is 1. The largest absolute Gasteiger partial charge is 0.311 e. The van der Waals surface area contributed by atoms with E-state index in [9.17, 15) is 8.78 Å². The second-order valence-electron chi connectivity index (χ2n) is 2.24. The van der Waals surface area contributed by atoms with Crippen molar-refractivity contribution < 1.29 is 8.78 Å².